The number of benzene rings is 2. The van der Waals surface area contributed by atoms with Crippen molar-refractivity contribution in [1.29, 1.82) is 0 Å². The van der Waals surface area contributed by atoms with Gasteiger partial charge < -0.3 is 19.7 Å². The topological polar surface area (TPSA) is 80.6 Å². The molecule has 1 amide bonds. The van der Waals surface area contributed by atoms with E-state index in [9.17, 15) is 14.7 Å². The van der Waals surface area contributed by atoms with Crippen molar-refractivity contribution in [1.82, 2.24) is 9.88 Å². The van der Waals surface area contributed by atoms with E-state index in [0.717, 1.165) is 25.3 Å². The van der Waals surface area contributed by atoms with E-state index in [1.807, 2.05) is 36.4 Å². The Labute approximate surface area is 213 Å². The van der Waals surface area contributed by atoms with Crippen LogP contribution in [0.2, 0.25) is 5.02 Å². The molecule has 34 heavy (non-hydrogen) atoms. The number of hydrogen-bond donors (Lipinski definition) is 2. The minimum Gasteiger partial charge on any atom is -0.386 e. The molecule has 0 aliphatic carbocycles. The number of nitrogens with zero attached hydrogens (tertiary/aromatic N) is 1. The maximum absolute atomic E-state index is 13.0. The average molecular weight is 562 g/mol. The highest BCUT2D eigenvalue weighted by molar-refractivity contribution is 9.10. The van der Waals surface area contributed by atoms with Gasteiger partial charge in [0.15, 0.2) is 0 Å². The number of rotatable bonds is 8. The molecule has 0 saturated carbocycles. The largest absolute Gasteiger partial charge is 0.386 e. The van der Waals surface area contributed by atoms with Crippen molar-refractivity contribution in [3.05, 3.63) is 102 Å². The number of amides is 1. The standard InChI is InChI=1S/C25H22BrClN2O4S/c1-29-12-21(24(32)28-11-15-2-8-18(27)9-3-15)23(31)20-10-19(34-25(20)29)13-33-14-22(30)16-4-6-17(26)7-5-16/h2-10,12,22,30H,11,13-14H2,1H3,(H,28,32)/t22-/m0/s1. The van der Waals surface area contributed by atoms with Crippen molar-refractivity contribution < 1.29 is 14.6 Å². The van der Waals surface area contributed by atoms with Crippen LogP contribution >= 0.6 is 38.9 Å². The van der Waals surface area contributed by atoms with Crippen molar-refractivity contribution in [3.8, 4) is 0 Å². The quantitative estimate of drug-likeness (QED) is 0.310. The highest BCUT2D eigenvalue weighted by Crippen LogP contribution is 2.25. The van der Waals surface area contributed by atoms with Gasteiger partial charge in [0.1, 0.15) is 16.5 Å². The molecule has 2 heterocycles. The molecule has 0 saturated heterocycles. The van der Waals surface area contributed by atoms with Gasteiger partial charge in [0, 0.05) is 34.2 Å². The van der Waals surface area contributed by atoms with Crippen LogP contribution in [-0.4, -0.2) is 22.2 Å². The minimum atomic E-state index is -0.746. The summed E-state index contributed by atoms with van der Waals surface area (Å²) in [7, 11) is 1.80. The lowest BCUT2D eigenvalue weighted by Gasteiger charge is -2.11. The summed E-state index contributed by atoms with van der Waals surface area (Å²) in [6.07, 6.45) is 0.810. The molecule has 0 aliphatic heterocycles. The fraction of sp³-hybridized carbons (Fsp3) is 0.200. The lowest BCUT2D eigenvalue weighted by Crippen LogP contribution is -2.29. The first-order valence-electron chi connectivity index (χ1n) is 10.5. The van der Waals surface area contributed by atoms with Crippen LogP contribution in [0.3, 0.4) is 0 Å². The van der Waals surface area contributed by atoms with Gasteiger partial charge in [-0.3, -0.25) is 9.59 Å². The average Bonchev–Trinajstić information content (AvgIpc) is 3.26. The van der Waals surface area contributed by atoms with E-state index in [1.54, 1.807) is 36.0 Å². The van der Waals surface area contributed by atoms with Gasteiger partial charge in [-0.25, -0.2) is 0 Å². The van der Waals surface area contributed by atoms with Crippen molar-refractivity contribution in [3.63, 3.8) is 0 Å². The fourth-order valence-electron chi connectivity index (χ4n) is 3.48. The third kappa shape index (κ3) is 5.76. The molecular weight excluding hydrogens is 540 g/mol. The number of aliphatic hydroxyl groups excluding tert-OH is 1. The second kappa shape index (κ2) is 10.8. The predicted octanol–water partition coefficient (Wildman–Crippen LogP) is 5.20. The molecule has 9 heteroatoms. The van der Waals surface area contributed by atoms with E-state index in [1.165, 1.54) is 11.3 Å². The van der Waals surface area contributed by atoms with Gasteiger partial charge in [0.25, 0.3) is 5.91 Å². The molecular formula is C25H22BrClN2O4S. The second-order valence-electron chi connectivity index (χ2n) is 7.81. The second-order valence-corrected chi connectivity index (χ2v) is 10.3. The molecule has 176 valence electrons. The molecule has 6 nitrogen and oxygen atoms in total. The molecule has 4 aromatic rings. The first kappa shape index (κ1) is 24.6. The van der Waals surface area contributed by atoms with Gasteiger partial charge in [-0.15, -0.1) is 11.3 Å². The number of halogens is 2. The molecule has 4 rings (SSSR count). The van der Waals surface area contributed by atoms with E-state index < -0.39 is 12.0 Å². The summed E-state index contributed by atoms with van der Waals surface area (Å²) in [4.78, 5) is 27.3. The van der Waals surface area contributed by atoms with Crippen LogP contribution in [0.1, 0.15) is 32.5 Å². The van der Waals surface area contributed by atoms with Gasteiger partial charge in [-0.1, -0.05) is 51.8 Å². The summed E-state index contributed by atoms with van der Waals surface area (Å²) >= 11 is 10.7. The summed E-state index contributed by atoms with van der Waals surface area (Å²) in [6.45, 7) is 0.676. The number of carbonyl (C=O) groups excluding carboxylic acids is 1. The zero-order valence-corrected chi connectivity index (χ0v) is 21.4. The molecule has 0 radical (unpaired) electrons. The maximum Gasteiger partial charge on any atom is 0.257 e. The number of thiophene rings is 1. The monoisotopic (exact) mass is 560 g/mol. The first-order chi connectivity index (χ1) is 16.3. The van der Waals surface area contributed by atoms with E-state index in [-0.39, 0.29) is 24.2 Å². The summed E-state index contributed by atoms with van der Waals surface area (Å²) < 4.78 is 8.41. The van der Waals surface area contributed by atoms with Crippen LogP contribution in [-0.2, 0) is 24.9 Å². The number of carbonyl (C=O) groups is 1. The van der Waals surface area contributed by atoms with Gasteiger partial charge in [-0.05, 0) is 41.5 Å². The minimum absolute atomic E-state index is 0.0832. The molecule has 2 aromatic heterocycles. The Hall–Kier alpha value is -2.49. The Kier molecular flexibility index (Phi) is 7.85. The molecule has 0 bridgehead atoms. The molecule has 0 unspecified atom stereocenters. The van der Waals surface area contributed by atoms with Crippen LogP contribution in [0.4, 0.5) is 0 Å². The molecule has 0 spiro atoms. The highest BCUT2D eigenvalue weighted by Gasteiger charge is 2.17. The van der Waals surface area contributed by atoms with Gasteiger partial charge in [0.2, 0.25) is 5.43 Å². The number of ether oxygens (including phenoxy) is 1. The first-order valence-corrected chi connectivity index (χ1v) is 12.5. The summed E-state index contributed by atoms with van der Waals surface area (Å²) in [5, 5.41) is 14.2. The van der Waals surface area contributed by atoms with Gasteiger partial charge >= 0.3 is 0 Å². The van der Waals surface area contributed by atoms with Gasteiger partial charge in [-0.2, -0.15) is 0 Å². The molecule has 2 N–H and O–H groups in total. The molecule has 1 atom stereocenters. The Morgan fingerprint density at radius 2 is 1.91 bits per heavy atom. The van der Waals surface area contributed by atoms with Crippen LogP contribution in [0.15, 0.2) is 70.1 Å². The smallest absolute Gasteiger partial charge is 0.257 e. The Morgan fingerprint density at radius 3 is 2.62 bits per heavy atom. The number of pyridine rings is 1. The highest BCUT2D eigenvalue weighted by atomic mass is 79.9. The Bertz CT molecular complexity index is 1370. The van der Waals surface area contributed by atoms with Crippen molar-refractivity contribution >= 4 is 55.0 Å². The normalized spacial score (nSPS) is 12.1. The number of fused-ring (bicyclic) bond motifs is 1. The molecule has 0 fully saturated rings. The van der Waals surface area contributed by atoms with E-state index in [4.69, 9.17) is 16.3 Å². The number of aliphatic hydroxyl groups is 1. The zero-order chi connectivity index (χ0) is 24.2. The third-order valence-electron chi connectivity index (χ3n) is 5.28. The zero-order valence-electron chi connectivity index (χ0n) is 18.3. The van der Waals surface area contributed by atoms with E-state index in [2.05, 4.69) is 21.2 Å². The molecule has 2 aromatic carbocycles. The fourth-order valence-corrected chi connectivity index (χ4v) is 4.89. The lowest BCUT2D eigenvalue weighted by atomic mass is 10.1. The van der Waals surface area contributed by atoms with Crippen molar-refractivity contribution in [2.24, 2.45) is 7.05 Å². The maximum atomic E-state index is 13.0. The van der Waals surface area contributed by atoms with Crippen LogP contribution in [0, 0.1) is 0 Å². The van der Waals surface area contributed by atoms with E-state index in [0.29, 0.717) is 17.0 Å². The van der Waals surface area contributed by atoms with Crippen LogP contribution in [0.25, 0.3) is 10.2 Å². The van der Waals surface area contributed by atoms with E-state index >= 15 is 0 Å². The molecule has 0 aliphatic rings. The lowest BCUT2D eigenvalue weighted by molar-refractivity contribution is 0.0287. The van der Waals surface area contributed by atoms with Crippen molar-refractivity contribution in [2.75, 3.05) is 6.61 Å². The summed E-state index contributed by atoms with van der Waals surface area (Å²) in [5.74, 6) is -0.431. The SMILES string of the molecule is Cn1cc(C(=O)NCc2ccc(Cl)cc2)c(=O)c2cc(COC[C@H](O)c3ccc(Br)cc3)sc21. The third-order valence-corrected chi connectivity index (χ3v) is 7.26. The van der Waals surface area contributed by atoms with Gasteiger partial charge in [0.05, 0.1) is 18.6 Å². The Balaban J connectivity index is 1.43. The number of aromatic nitrogens is 1. The summed E-state index contributed by atoms with van der Waals surface area (Å²) in [6, 6.07) is 16.3. The van der Waals surface area contributed by atoms with Crippen LogP contribution < -0.4 is 10.7 Å². The predicted molar refractivity (Wildman–Crippen MR) is 138 cm³/mol. The van der Waals surface area contributed by atoms with Crippen molar-refractivity contribution in [2.45, 2.75) is 19.3 Å². The Morgan fingerprint density at radius 1 is 1.21 bits per heavy atom. The number of aryl methyl sites for hydroxylation is 1. The summed E-state index contributed by atoms with van der Waals surface area (Å²) in [5.41, 5.74) is 1.41. The number of hydrogen-bond acceptors (Lipinski definition) is 5. The van der Waals surface area contributed by atoms with Crippen LogP contribution in [0.5, 0.6) is 0 Å². The number of nitrogens with one attached hydrogen (secondary N) is 1.